The summed E-state index contributed by atoms with van der Waals surface area (Å²) >= 11 is 0. The third kappa shape index (κ3) is 2.38. The second-order valence-corrected chi connectivity index (χ2v) is 4.61. The van der Waals surface area contributed by atoms with Crippen LogP contribution in [0.4, 0.5) is 0 Å². The molecule has 1 unspecified atom stereocenters. The molecule has 96 valence electrons. The lowest BCUT2D eigenvalue weighted by Gasteiger charge is -2.16. The summed E-state index contributed by atoms with van der Waals surface area (Å²) < 4.78 is 5.38. The molecule has 0 spiro atoms. The highest BCUT2D eigenvalue weighted by molar-refractivity contribution is 5.42. The van der Waals surface area contributed by atoms with Crippen LogP contribution in [-0.4, -0.2) is 17.1 Å². The molecule has 1 heterocycles. The molecule has 3 N–H and O–H groups in total. The number of nitrogens with zero attached hydrogens (tertiary/aromatic N) is 1. The number of hydrogen-bond donors (Lipinski definition) is 2. The summed E-state index contributed by atoms with van der Waals surface area (Å²) in [5.41, 5.74) is 8.43. The second-order valence-electron chi connectivity index (χ2n) is 4.61. The first-order chi connectivity index (χ1) is 8.63. The average molecular weight is 245 g/mol. The monoisotopic (exact) mass is 245 g/mol. The first kappa shape index (κ1) is 12.6. The topological polar surface area (TPSA) is 63.9 Å². The maximum Gasteiger partial charge on any atom is 0.127 e. The van der Waals surface area contributed by atoms with Crippen LogP contribution < -0.4 is 10.5 Å². The van der Waals surface area contributed by atoms with E-state index >= 15 is 0 Å². The van der Waals surface area contributed by atoms with Gasteiger partial charge in [-0.05, 0) is 23.6 Å². The van der Waals surface area contributed by atoms with Gasteiger partial charge in [0.05, 0.1) is 13.2 Å². The minimum absolute atomic E-state index is 0.298. The number of aromatic amines is 1. The highest BCUT2D eigenvalue weighted by Gasteiger charge is 2.17. The van der Waals surface area contributed by atoms with Gasteiger partial charge in [0.25, 0.3) is 0 Å². The van der Waals surface area contributed by atoms with Gasteiger partial charge in [0, 0.05) is 18.0 Å². The first-order valence-corrected chi connectivity index (χ1v) is 6.06. The smallest absolute Gasteiger partial charge is 0.127 e. The van der Waals surface area contributed by atoms with Gasteiger partial charge in [-0.15, -0.1) is 0 Å². The van der Waals surface area contributed by atoms with E-state index in [-0.39, 0.29) is 6.04 Å². The van der Waals surface area contributed by atoms with Crippen LogP contribution in [0, 0.1) is 0 Å². The molecule has 1 aromatic carbocycles. The van der Waals surface area contributed by atoms with Crippen LogP contribution in [0.3, 0.4) is 0 Å². The van der Waals surface area contributed by atoms with Crippen molar-refractivity contribution < 1.29 is 4.74 Å². The van der Waals surface area contributed by atoms with Crippen molar-refractivity contribution in [3.63, 3.8) is 0 Å². The summed E-state index contributed by atoms with van der Waals surface area (Å²) in [7, 11) is 1.66. The number of rotatable bonds is 4. The lowest BCUT2D eigenvalue weighted by Crippen LogP contribution is -2.15. The van der Waals surface area contributed by atoms with Crippen LogP contribution in [0.5, 0.6) is 5.75 Å². The van der Waals surface area contributed by atoms with Crippen molar-refractivity contribution in [3.8, 4) is 5.75 Å². The zero-order valence-corrected chi connectivity index (χ0v) is 11.0. The number of ether oxygens (including phenoxy) is 1. The molecule has 4 heteroatoms. The minimum atomic E-state index is -0.298. The summed E-state index contributed by atoms with van der Waals surface area (Å²) in [5.74, 6) is 2.00. The van der Waals surface area contributed by atoms with Crippen molar-refractivity contribution in [2.75, 3.05) is 7.11 Å². The lowest BCUT2D eigenvalue weighted by atomic mass is 9.97. The Kier molecular flexibility index (Phi) is 3.67. The number of nitrogens with two attached hydrogens (primary N) is 1. The fraction of sp³-hybridized carbons (Fsp3) is 0.357. The van der Waals surface area contributed by atoms with Gasteiger partial charge in [-0.1, -0.05) is 19.9 Å². The molecule has 0 aliphatic carbocycles. The molecule has 0 fully saturated rings. The predicted molar refractivity (Wildman–Crippen MR) is 71.7 cm³/mol. The van der Waals surface area contributed by atoms with Crippen molar-refractivity contribution in [1.29, 1.82) is 0 Å². The Morgan fingerprint density at radius 1 is 1.33 bits per heavy atom. The van der Waals surface area contributed by atoms with Crippen LogP contribution in [0.1, 0.15) is 42.8 Å². The van der Waals surface area contributed by atoms with E-state index in [0.29, 0.717) is 5.92 Å². The molecule has 1 aromatic heterocycles. The van der Waals surface area contributed by atoms with Crippen molar-refractivity contribution in [3.05, 3.63) is 47.5 Å². The molecule has 0 radical (unpaired) electrons. The van der Waals surface area contributed by atoms with Gasteiger partial charge >= 0.3 is 0 Å². The number of imidazole rings is 1. The lowest BCUT2D eigenvalue weighted by molar-refractivity contribution is 0.407. The Morgan fingerprint density at radius 2 is 2.11 bits per heavy atom. The Labute approximate surface area is 107 Å². The second kappa shape index (κ2) is 5.23. The Hall–Kier alpha value is -1.81. The van der Waals surface area contributed by atoms with Gasteiger partial charge in [-0.3, -0.25) is 0 Å². The minimum Gasteiger partial charge on any atom is -0.496 e. The Morgan fingerprint density at radius 3 is 2.67 bits per heavy atom. The molecule has 0 saturated carbocycles. The maximum atomic E-state index is 6.23. The maximum absolute atomic E-state index is 6.23. The van der Waals surface area contributed by atoms with Crippen molar-refractivity contribution >= 4 is 0 Å². The predicted octanol–water partition coefficient (Wildman–Crippen LogP) is 2.59. The van der Waals surface area contributed by atoms with Gasteiger partial charge in [-0.2, -0.15) is 0 Å². The molecule has 2 rings (SSSR count). The van der Waals surface area contributed by atoms with E-state index in [1.165, 1.54) is 5.56 Å². The van der Waals surface area contributed by atoms with E-state index in [0.717, 1.165) is 17.1 Å². The first-order valence-electron chi connectivity index (χ1n) is 6.06. The summed E-state index contributed by atoms with van der Waals surface area (Å²) in [6.45, 7) is 4.31. The number of aromatic nitrogens is 2. The number of benzene rings is 1. The molecule has 1 atom stereocenters. The largest absolute Gasteiger partial charge is 0.496 e. The van der Waals surface area contributed by atoms with Crippen LogP contribution in [0.2, 0.25) is 0 Å². The molecular weight excluding hydrogens is 226 g/mol. The highest BCUT2D eigenvalue weighted by atomic mass is 16.5. The molecule has 0 aliphatic rings. The third-order valence-electron chi connectivity index (χ3n) is 3.07. The molecule has 2 aromatic rings. The van der Waals surface area contributed by atoms with Crippen LogP contribution in [0.25, 0.3) is 0 Å². The van der Waals surface area contributed by atoms with Crippen LogP contribution in [-0.2, 0) is 0 Å². The Bertz CT molecular complexity index is 506. The fourth-order valence-corrected chi connectivity index (χ4v) is 1.95. The number of methoxy groups -OCH3 is 1. The average Bonchev–Trinajstić information content (AvgIpc) is 2.90. The SMILES string of the molecule is COc1ccc(C(C)C)cc1C(N)c1ncc[nH]1. The van der Waals surface area contributed by atoms with E-state index in [1.807, 2.05) is 6.07 Å². The molecule has 0 amide bonds. The normalized spacial score (nSPS) is 12.7. The molecular formula is C14H19N3O. The highest BCUT2D eigenvalue weighted by Crippen LogP contribution is 2.30. The quantitative estimate of drug-likeness (QED) is 0.870. The van der Waals surface area contributed by atoms with Gasteiger partial charge in [0.1, 0.15) is 11.6 Å². The van der Waals surface area contributed by atoms with E-state index < -0.39 is 0 Å². The van der Waals surface area contributed by atoms with Gasteiger partial charge < -0.3 is 15.5 Å². The van der Waals surface area contributed by atoms with Crippen molar-refractivity contribution in [2.45, 2.75) is 25.8 Å². The summed E-state index contributed by atoms with van der Waals surface area (Å²) in [6, 6.07) is 5.83. The summed E-state index contributed by atoms with van der Waals surface area (Å²) in [5, 5.41) is 0. The van der Waals surface area contributed by atoms with Gasteiger partial charge in [0.15, 0.2) is 0 Å². The third-order valence-corrected chi connectivity index (χ3v) is 3.07. The van der Waals surface area contributed by atoms with Gasteiger partial charge in [0.2, 0.25) is 0 Å². The van der Waals surface area contributed by atoms with E-state index in [9.17, 15) is 0 Å². The molecule has 0 bridgehead atoms. The van der Waals surface area contributed by atoms with Crippen molar-refractivity contribution in [1.82, 2.24) is 9.97 Å². The molecule has 4 nitrogen and oxygen atoms in total. The fourth-order valence-electron chi connectivity index (χ4n) is 1.95. The van der Waals surface area contributed by atoms with Crippen molar-refractivity contribution in [2.24, 2.45) is 5.73 Å². The van der Waals surface area contributed by atoms with E-state index in [2.05, 4.69) is 35.9 Å². The number of H-pyrrole nitrogens is 1. The summed E-state index contributed by atoms with van der Waals surface area (Å²) in [6.07, 6.45) is 3.47. The Balaban J connectivity index is 2.43. The molecule has 0 saturated heterocycles. The number of hydrogen-bond acceptors (Lipinski definition) is 3. The van der Waals surface area contributed by atoms with Crippen LogP contribution >= 0.6 is 0 Å². The molecule has 0 aliphatic heterocycles. The van der Waals surface area contributed by atoms with Gasteiger partial charge in [-0.25, -0.2) is 4.98 Å². The molecule has 18 heavy (non-hydrogen) atoms. The van der Waals surface area contributed by atoms with Crippen LogP contribution in [0.15, 0.2) is 30.6 Å². The standard InChI is InChI=1S/C14H19N3O/c1-9(2)10-4-5-12(18-3)11(8-10)13(15)14-16-6-7-17-14/h4-9,13H,15H2,1-3H3,(H,16,17). The van der Waals surface area contributed by atoms with E-state index in [4.69, 9.17) is 10.5 Å². The zero-order valence-electron chi connectivity index (χ0n) is 11.0. The zero-order chi connectivity index (χ0) is 13.1. The van der Waals surface area contributed by atoms with E-state index in [1.54, 1.807) is 19.5 Å². The summed E-state index contributed by atoms with van der Waals surface area (Å²) in [4.78, 5) is 7.25. The number of nitrogens with one attached hydrogen (secondary N) is 1.